The maximum atomic E-state index is 6.63. The van der Waals surface area contributed by atoms with Crippen molar-refractivity contribution < 1.29 is 4.42 Å². The Morgan fingerprint density at radius 2 is 1.74 bits per heavy atom. The Hall–Kier alpha value is -1.21. The molecule has 0 aliphatic heterocycles. The van der Waals surface area contributed by atoms with Gasteiger partial charge in [0.2, 0.25) is 0 Å². The number of hydrogen-bond acceptors (Lipinski definition) is 1. The molecule has 0 saturated carbocycles. The minimum Gasteiger partial charge on any atom is -0.466 e. The van der Waals surface area contributed by atoms with Gasteiger partial charge in [-0.05, 0) is 57.7 Å². The highest BCUT2D eigenvalue weighted by Crippen LogP contribution is 2.34. The Bertz CT molecular complexity index is 596. The van der Waals surface area contributed by atoms with E-state index in [-0.39, 0.29) is 5.38 Å². The van der Waals surface area contributed by atoms with Gasteiger partial charge in [0.25, 0.3) is 0 Å². The lowest BCUT2D eigenvalue weighted by atomic mass is 9.97. The van der Waals surface area contributed by atoms with Crippen LogP contribution in [0.1, 0.15) is 44.7 Å². The molecule has 0 spiro atoms. The van der Waals surface area contributed by atoms with Gasteiger partial charge in [0, 0.05) is 5.56 Å². The van der Waals surface area contributed by atoms with Gasteiger partial charge in [-0.2, -0.15) is 0 Å². The van der Waals surface area contributed by atoms with Crippen LogP contribution in [0.4, 0.5) is 0 Å². The van der Waals surface area contributed by atoms with Gasteiger partial charge in [-0.15, -0.1) is 11.6 Å². The second-order valence-corrected chi connectivity index (χ2v) is 5.88. The van der Waals surface area contributed by atoms with Crippen molar-refractivity contribution in [1.29, 1.82) is 0 Å². The molecule has 0 aliphatic carbocycles. The molecule has 0 bridgehead atoms. The molecule has 2 rings (SSSR count). The molecule has 2 aromatic rings. The number of aryl methyl sites for hydroxylation is 4. The van der Waals surface area contributed by atoms with E-state index in [0.29, 0.717) is 0 Å². The van der Waals surface area contributed by atoms with Gasteiger partial charge in [0.1, 0.15) is 11.5 Å². The zero-order valence-corrected chi connectivity index (χ0v) is 13.1. The third-order valence-corrected chi connectivity index (χ3v) is 4.21. The summed E-state index contributed by atoms with van der Waals surface area (Å²) in [6.07, 6.45) is 0.843. The second kappa shape index (κ2) is 5.42. The van der Waals surface area contributed by atoms with Crippen molar-refractivity contribution in [2.24, 2.45) is 0 Å². The summed E-state index contributed by atoms with van der Waals surface area (Å²) in [7, 11) is 0. The molecule has 0 fully saturated rings. The summed E-state index contributed by atoms with van der Waals surface area (Å²) >= 11 is 6.63. The van der Waals surface area contributed by atoms with Gasteiger partial charge in [0.05, 0.1) is 5.38 Å². The van der Waals surface area contributed by atoms with Gasteiger partial charge < -0.3 is 4.42 Å². The highest BCUT2D eigenvalue weighted by molar-refractivity contribution is 6.21. The first-order valence-corrected chi connectivity index (χ1v) is 7.10. The number of benzene rings is 1. The molecule has 0 saturated heterocycles. The van der Waals surface area contributed by atoms with Gasteiger partial charge >= 0.3 is 0 Å². The molecule has 1 atom stereocenters. The number of rotatable bonds is 3. The standard InChI is InChI=1S/C17H21ClO/c1-10-6-7-11(2)15(8-10)9-16(18)17-12(3)13(4)19-14(17)5/h6-8,16H,9H2,1-5H3. The van der Waals surface area contributed by atoms with E-state index >= 15 is 0 Å². The topological polar surface area (TPSA) is 13.1 Å². The van der Waals surface area contributed by atoms with Crippen molar-refractivity contribution in [3.8, 4) is 0 Å². The highest BCUT2D eigenvalue weighted by atomic mass is 35.5. The van der Waals surface area contributed by atoms with Crippen LogP contribution in [-0.4, -0.2) is 0 Å². The van der Waals surface area contributed by atoms with E-state index in [9.17, 15) is 0 Å². The summed E-state index contributed by atoms with van der Waals surface area (Å²) in [5.41, 5.74) is 6.23. The van der Waals surface area contributed by atoms with E-state index in [1.807, 2.05) is 13.8 Å². The lowest BCUT2D eigenvalue weighted by Gasteiger charge is -2.13. The molecule has 1 unspecified atom stereocenters. The van der Waals surface area contributed by atoms with Crippen LogP contribution < -0.4 is 0 Å². The molecule has 19 heavy (non-hydrogen) atoms. The summed E-state index contributed by atoms with van der Waals surface area (Å²) in [6, 6.07) is 6.53. The average molecular weight is 277 g/mol. The summed E-state index contributed by atoms with van der Waals surface area (Å²) < 4.78 is 5.67. The molecule has 1 heterocycles. The molecule has 0 aliphatic rings. The Morgan fingerprint density at radius 1 is 1.05 bits per heavy atom. The van der Waals surface area contributed by atoms with Crippen LogP contribution in [0.25, 0.3) is 0 Å². The molecule has 0 amide bonds. The Kier molecular flexibility index (Phi) is 4.05. The highest BCUT2D eigenvalue weighted by Gasteiger charge is 2.20. The molecule has 0 radical (unpaired) electrons. The van der Waals surface area contributed by atoms with Crippen molar-refractivity contribution in [1.82, 2.24) is 0 Å². The minimum atomic E-state index is -0.0297. The smallest absolute Gasteiger partial charge is 0.106 e. The summed E-state index contributed by atoms with van der Waals surface area (Å²) in [4.78, 5) is 0. The normalized spacial score (nSPS) is 12.7. The van der Waals surface area contributed by atoms with E-state index in [0.717, 1.165) is 23.5 Å². The first-order valence-electron chi connectivity index (χ1n) is 6.66. The summed E-state index contributed by atoms with van der Waals surface area (Å²) in [6.45, 7) is 10.3. The molecule has 102 valence electrons. The molecule has 0 N–H and O–H groups in total. The largest absolute Gasteiger partial charge is 0.466 e. The molecule has 1 nitrogen and oxygen atoms in total. The van der Waals surface area contributed by atoms with Crippen LogP contribution in [-0.2, 0) is 6.42 Å². The van der Waals surface area contributed by atoms with Crippen molar-refractivity contribution in [3.05, 3.63) is 57.5 Å². The van der Waals surface area contributed by atoms with Crippen LogP contribution in [0, 0.1) is 34.6 Å². The number of halogens is 1. The van der Waals surface area contributed by atoms with Crippen molar-refractivity contribution in [2.45, 2.75) is 46.4 Å². The Labute approximate surface area is 120 Å². The fraction of sp³-hybridized carbons (Fsp3) is 0.412. The second-order valence-electron chi connectivity index (χ2n) is 5.35. The maximum Gasteiger partial charge on any atom is 0.106 e. The van der Waals surface area contributed by atoms with Gasteiger partial charge in [-0.25, -0.2) is 0 Å². The van der Waals surface area contributed by atoms with Crippen LogP contribution >= 0.6 is 11.6 Å². The van der Waals surface area contributed by atoms with Gasteiger partial charge in [-0.1, -0.05) is 23.8 Å². The first kappa shape index (κ1) is 14.2. The van der Waals surface area contributed by atoms with Crippen LogP contribution in [0.15, 0.2) is 22.6 Å². The average Bonchev–Trinajstić information content (AvgIpc) is 2.58. The predicted octanol–water partition coefficient (Wildman–Crippen LogP) is 5.34. The third-order valence-electron chi connectivity index (χ3n) is 3.83. The van der Waals surface area contributed by atoms with Gasteiger partial charge in [-0.3, -0.25) is 0 Å². The summed E-state index contributed by atoms with van der Waals surface area (Å²) in [5.74, 6) is 1.92. The predicted molar refractivity (Wildman–Crippen MR) is 81.1 cm³/mol. The van der Waals surface area contributed by atoms with Crippen molar-refractivity contribution in [3.63, 3.8) is 0 Å². The van der Waals surface area contributed by atoms with Gasteiger partial charge in [0.15, 0.2) is 0 Å². The van der Waals surface area contributed by atoms with Crippen molar-refractivity contribution in [2.75, 3.05) is 0 Å². The SMILES string of the molecule is Cc1ccc(C)c(CC(Cl)c2c(C)oc(C)c2C)c1. The quantitative estimate of drug-likeness (QED) is 0.689. The number of hydrogen-bond donors (Lipinski definition) is 0. The molecule has 1 aromatic heterocycles. The summed E-state index contributed by atoms with van der Waals surface area (Å²) in [5, 5.41) is -0.0297. The maximum absolute atomic E-state index is 6.63. The molecule has 1 aromatic carbocycles. The van der Waals surface area contributed by atoms with E-state index < -0.39 is 0 Å². The fourth-order valence-electron chi connectivity index (χ4n) is 2.59. The molecular formula is C17H21ClO. The Morgan fingerprint density at radius 3 is 2.32 bits per heavy atom. The van der Waals surface area contributed by atoms with Crippen LogP contribution in [0.2, 0.25) is 0 Å². The third kappa shape index (κ3) is 2.87. The van der Waals surface area contributed by atoms with Crippen molar-refractivity contribution >= 4 is 11.6 Å². The van der Waals surface area contributed by atoms with Crippen LogP contribution in [0.5, 0.6) is 0 Å². The minimum absolute atomic E-state index is 0.0297. The lowest BCUT2D eigenvalue weighted by molar-refractivity contribution is 0.499. The van der Waals surface area contributed by atoms with E-state index in [1.54, 1.807) is 0 Å². The lowest BCUT2D eigenvalue weighted by Crippen LogP contribution is -2.00. The number of alkyl halides is 1. The molecule has 2 heteroatoms. The Balaban J connectivity index is 2.30. The first-order chi connectivity index (χ1) is 8.90. The number of furan rings is 1. The van der Waals surface area contributed by atoms with Crippen LogP contribution in [0.3, 0.4) is 0 Å². The molecular weight excluding hydrogens is 256 g/mol. The van der Waals surface area contributed by atoms with E-state index in [4.69, 9.17) is 16.0 Å². The van der Waals surface area contributed by atoms with E-state index in [2.05, 4.69) is 39.0 Å². The monoisotopic (exact) mass is 276 g/mol. The van der Waals surface area contributed by atoms with E-state index in [1.165, 1.54) is 22.3 Å². The zero-order valence-electron chi connectivity index (χ0n) is 12.3. The zero-order chi connectivity index (χ0) is 14.2. The fourth-order valence-corrected chi connectivity index (χ4v) is 3.07.